The van der Waals surface area contributed by atoms with E-state index in [1.807, 2.05) is 0 Å². The van der Waals surface area contributed by atoms with Crippen molar-refractivity contribution in [2.24, 2.45) is 0 Å². The van der Waals surface area contributed by atoms with Crippen molar-refractivity contribution >= 4 is 0 Å². The summed E-state index contributed by atoms with van der Waals surface area (Å²) in [4.78, 5) is 0. The van der Waals surface area contributed by atoms with Crippen LogP contribution in [0.2, 0.25) is 0 Å². The summed E-state index contributed by atoms with van der Waals surface area (Å²) >= 11 is 0. The topological polar surface area (TPSA) is 0 Å². The zero-order chi connectivity index (χ0) is 3.41. The van der Waals surface area contributed by atoms with Gasteiger partial charge in [-0.1, -0.05) is 13.3 Å². The van der Waals surface area contributed by atoms with Crippen LogP contribution in [0, 0.1) is 6.92 Å². The largest absolute Gasteiger partial charge is 0.343 e. The summed E-state index contributed by atoms with van der Waals surface area (Å²) in [5.41, 5.74) is 0. The summed E-state index contributed by atoms with van der Waals surface area (Å²) in [7, 11) is 0. The van der Waals surface area contributed by atoms with E-state index in [4.69, 9.17) is 0 Å². The molecule has 0 N–H and O–H groups in total. The quantitative estimate of drug-likeness (QED) is 0.351. The van der Waals surface area contributed by atoms with E-state index in [-0.39, 0.29) is 21.7 Å². The van der Waals surface area contributed by atoms with Crippen LogP contribution in [0.4, 0.5) is 0 Å². The van der Waals surface area contributed by atoms with E-state index >= 15 is 0 Å². The van der Waals surface area contributed by atoms with E-state index in [1.165, 1.54) is 6.42 Å². The monoisotopic (exact) mass is 105 g/mol. The fourth-order valence-corrected chi connectivity index (χ4v) is 0. The Morgan fingerprint density at radius 1 is 1.60 bits per heavy atom. The second-order valence-electron chi connectivity index (χ2n) is 0.854. The van der Waals surface area contributed by atoms with Crippen LogP contribution in [-0.2, 0) is 21.7 Å². The summed E-state index contributed by atoms with van der Waals surface area (Å²) < 4.78 is 0. The zero-order valence-corrected chi connectivity index (χ0v) is 5.18. The van der Waals surface area contributed by atoms with Crippen molar-refractivity contribution in [2.75, 3.05) is 0 Å². The van der Waals surface area contributed by atoms with E-state index < -0.39 is 0 Å². The predicted molar refractivity (Wildman–Crippen MR) is 20.3 cm³/mol. The number of rotatable bonds is 1. The molecule has 0 aliphatic carbocycles. The smallest absolute Gasteiger partial charge is 0 e. The molecule has 0 unspecified atom stereocenters. The van der Waals surface area contributed by atoms with Gasteiger partial charge in [-0.3, -0.25) is 0 Å². The van der Waals surface area contributed by atoms with Crippen LogP contribution in [0.25, 0.3) is 0 Å². The third kappa shape index (κ3) is 11.8. The van der Waals surface area contributed by atoms with E-state index in [1.54, 1.807) is 0 Å². The van der Waals surface area contributed by atoms with Crippen molar-refractivity contribution in [3.63, 3.8) is 0 Å². The van der Waals surface area contributed by atoms with Gasteiger partial charge in [-0.05, 0) is 0 Å². The third-order valence-electron chi connectivity index (χ3n) is 0.354. The van der Waals surface area contributed by atoms with Gasteiger partial charge >= 0.3 is 0 Å². The molecule has 0 fully saturated rings. The summed E-state index contributed by atoms with van der Waals surface area (Å²) in [5, 5.41) is 0. The fraction of sp³-hybridized carbons (Fsp3) is 0.750. The van der Waals surface area contributed by atoms with Crippen molar-refractivity contribution in [2.45, 2.75) is 19.8 Å². The molecule has 0 radical (unpaired) electrons. The van der Waals surface area contributed by atoms with Gasteiger partial charge in [-0.2, -0.15) is 6.42 Å². The average molecular weight is 105 g/mol. The molecule has 0 rings (SSSR count). The molecule has 0 aromatic heterocycles. The molecule has 0 amide bonds. The molecule has 0 atom stereocenters. The minimum absolute atomic E-state index is 0. The predicted octanol–water partition coefficient (Wildman–Crippen LogP) is 1.62. The van der Waals surface area contributed by atoms with Gasteiger partial charge in [0.15, 0.2) is 0 Å². The Balaban J connectivity index is 0. The molecule has 0 aromatic carbocycles. The molecule has 0 saturated carbocycles. The van der Waals surface area contributed by atoms with Crippen LogP contribution < -0.4 is 0 Å². The number of hydrogen-bond donors (Lipinski definition) is 0. The molecule has 0 saturated heterocycles. The van der Waals surface area contributed by atoms with Gasteiger partial charge in [0.2, 0.25) is 0 Å². The zero-order valence-electron chi connectivity index (χ0n) is 3.62. The van der Waals surface area contributed by atoms with Gasteiger partial charge in [-0.15, -0.1) is 0 Å². The molecule has 0 heterocycles. The molecule has 5 heavy (non-hydrogen) atoms. The minimum atomic E-state index is 0. The number of hydrogen-bond acceptors (Lipinski definition) is 0. The van der Waals surface area contributed by atoms with Gasteiger partial charge in [0.25, 0.3) is 0 Å². The van der Waals surface area contributed by atoms with Crippen molar-refractivity contribution in [1.82, 2.24) is 0 Å². The molecule has 30 valence electrons. The number of unbranched alkanes of at least 4 members (excludes halogenated alkanes) is 1. The molecule has 0 aliphatic rings. The Bertz CT molecular complexity index is 5.61. The van der Waals surface area contributed by atoms with E-state index in [0.717, 1.165) is 6.42 Å². The van der Waals surface area contributed by atoms with Crippen LogP contribution in [0.1, 0.15) is 19.8 Å². The maximum absolute atomic E-state index is 3.60. The SMILES string of the molecule is [CH2-]CCC.[Ti]. The van der Waals surface area contributed by atoms with Crippen LogP contribution in [0.3, 0.4) is 0 Å². The molecule has 0 spiro atoms. The Hall–Kier alpha value is 0.714. The standard InChI is InChI=1S/C4H9.Ti/c1-3-4-2;/h1,3-4H2,2H3;/q-1;. The van der Waals surface area contributed by atoms with Crippen molar-refractivity contribution in [3.8, 4) is 0 Å². The van der Waals surface area contributed by atoms with Crippen LogP contribution in [0.5, 0.6) is 0 Å². The van der Waals surface area contributed by atoms with Gasteiger partial charge < -0.3 is 6.92 Å². The second-order valence-corrected chi connectivity index (χ2v) is 0.854. The maximum atomic E-state index is 3.60. The van der Waals surface area contributed by atoms with Crippen LogP contribution >= 0.6 is 0 Å². The molecule has 0 bridgehead atoms. The molecular weight excluding hydrogens is 95.9 g/mol. The first-order chi connectivity index (χ1) is 1.91. The second kappa shape index (κ2) is 8.83. The molecule has 0 nitrogen and oxygen atoms in total. The van der Waals surface area contributed by atoms with Crippen molar-refractivity contribution < 1.29 is 21.7 Å². The summed E-state index contributed by atoms with van der Waals surface area (Å²) in [6, 6.07) is 0. The van der Waals surface area contributed by atoms with Crippen molar-refractivity contribution in [3.05, 3.63) is 6.92 Å². The Morgan fingerprint density at radius 2 is 1.80 bits per heavy atom. The van der Waals surface area contributed by atoms with Crippen molar-refractivity contribution in [1.29, 1.82) is 0 Å². The molecule has 0 aromatic rings. The van der Waals surface area contributed by atoms with Gasteiger partial charge in [0.05, 0.1) is 0 Å². The normalized spacial score (nSPS) is 6.00. The van der Waals surface area contributed by atoms with E-state index in [9.17, 15) is 0 Å². The summed E-state index contributed by atoms with van der Waals surface area (Å²) in [5.74, 6) is 0. The Kier molecular flexibility index (Phi) is 16.3. The maximum Gasteiger partial charge on any atom is 0 e. The molecule has 1 heteroatoms. The Labute approximate surface area is 48.8 Å². The van der Waals surface area contributed by atoms with Crippen LogP contribution in [-0.4, -0.2) is 0 Å². The molecule has 0 aliphatic heterocycles. The van der Waals surface area contributed by atoms with Gasteiger partial charge in [0.1, 0.15) is 0 Å². The van der Waals surface area contributed by atoms with E-state index in [0.29, 0.717) is 0 Å². The summed E-state index contributed by atoms with van der Waals surface area (Å²) in [6.07, 6.45) is 2.28. The first kappa shape index (κ1) is 9.21. The minimum Gasteiger partial charge on any atom is -0.343 e. The Morgan fingerprint density at radius 3 is 1.80 bits per heavy atom. The molecular formula is C4H9Ti-. The first-order valence-corrected chi connectivity index (χ1v) is 1.71. The fourth-order valence-electron chi connectivity index (χ4n) is 0. The van der Waals surface area contributed by atoms with Gasteiger partial charge in [0, 0.05) is 21.7 Å². The van der Waals surface area contributed by atoms with Crippen LogP contribution in [0.15, 0.2) is 0 Å². The summed E-state index contributed by atoms with van der Waals surface area (Å²) in [6.45, 7) is 5.72. The van der Waals surface area contributed by atoms with Gasteiger partial charge in [-0.25, -0.2) is 0 Å². The third-order valence-corrected chi connectivity index (χ3v) is 0.354. The average Bonchev–Trinajstić information content (AvgIpc) is 1.37. The first-order valence-electron chi connectivity index (χ1n) is 1.71. The van der Waals surface area contributed by atoms with E-state index in [2.05, 4.69) is 13.8 Å².